The standard InChI is InChI=1S/C15H11ClN4OS2/c1-21-10-4-2-7(16)6-9(10)19-15-20-12-11(22-15)5-3-8-13(12)23-14(17)18-8/h2-6H,1H3,(H2,17,18)(H,19,20). The fourth-order valence-corrected chi connectivity index (χ4v) is 4.29. The number of hydrogen-bond acceptors (Lipinski definition) is 7. The Bertz CT molecular complexity index is 1030. The molecule has 0 bridgehead atoms. The van der Waals surface area contributed by atoms with E-state index in [1.54, 1.807) is 24.5 Å². The highest BCUT2D eigenvalue weighted by molar-refractivity contribution is 7.25. The Balaban J connectivity index is 1.81. The lowest BCUT2D eigenvalue weighted by atomic mass is 10.3. The fraction of sp³-hybridized carbons (Fsp3) is 0.0667. The Morgan fingerprint density at radius 1 is 1.17 bits per heavy atom. The molecule has 2 aromatic heterocycles. The van der Waals surface area contributed by atoms with Crippen molar-refractivity contribution in [3.05, 3.63) is 35.4 Å². The van der Waals surface area contributed by atoms with E-state index in [0.717, 1.165) is 31.3 Å². The number of hydrogen-bond donors (Lipinski definition) is 2. The first-order valence-corrected chi connectivity index (χ1v) is 8.71. The second-order valence-electron chi connectivity index (χ2n) is 4.80. The molecular formula is C15H11ClN4OS2. The fourth-order valence-electron chi connectivity index (χ4n) is 2.34. The number of nitrogen functional groups attached to an aromatic ring is 1. The summed E-state index contributed by atoms with van der Waals surface area (Å²) in [6.07, 6.45) is 0. The van der Waals surface area contributed by atoms with Crippen LogP contribution in [0.2, 0.25) is 5.02 Å². The first kappa shape index (κ1) is 14.5. The zero-order chi connectivity index (χ0) is 16.0. The quantitative estimate of drug-likeness (QED) is 0.542. The number of thiazole rings is 2. The number of ether oxygens (including phenoxy) is 1. The van der Waals surface area contributed by atoms with E-state index in [9.17, 15) is 0 Å². The van der Waals surface area contributed by atoms with Crippen molar-refractivity contribution in [3.63, 3.8) is 0 Å². The number of anilines is 3. The van der Waals surface area contributed by atoms with Gasteiger partial charge < -0.3 is 15.8 Å². The first-order valence-electron chi connectivity index (χ1n) is 6.70. The minimum atomic E-state index is 0.548. The minimum Gasteiger partial charge on any atom is -0.495 e. The van der Waals surface area contributed by atoms with E-state index in [1.165, 1.54) is 11.3 Å². The highest BCUT2D eigenvalue weighted by Gasteiger charge is 2.12. The van der Waals surface area contributed by atoms with Crippen molar-refractivity contribution in [2.24, 2.45) is 0 Å². The van der Waals surface area contributed by atoms with Gasteiger partial charge in [-0.15, -0.1) is 0 Å². The van der Waals surface area contributed by atoms with Gasteiger partial charge in [-0.25, -0.2) is 9.97 Å². The highest BCUT2D eigenvalue weighted by atomic mass is 35.5. The van der Waals surface area contributed by atoms with E-state index >= 15 is 0 Å². The summed E-state index contributed by atoms with van der Waals surface area (Å²) in [5.41, 5.74) is 8.36. The topological polar surface area (TPSA) is 73.1 Å². The second kappa shape index (κ2) is 5.52. The molecule has 3 N–H and O–H groups in total. The molecule has 2 heterocycles. The zero-order valence-corrected chi connectivity index (χ0v) is 14.4. The van der Waals surface area contributed by atoms with E-state index in [0.29, 0.717) is 15.9 Å². The average Bonchev–Trinajstić information content (AvgIpc) is 3.09. The highest BCUT2D eigenvalue weighted by Crippen LogP contribution is 2.38. The Morgan fingerprint density at radius 3 is 2.87 bits per heavy atom. The van der Waals surface area contributed by atoms with Crippen LogP contribution in [0, 0.1) is 0 Å². The van der Waals surface area contributed by atoms with Crippen molar-refractivity contribution in [3.8, 4) is 5.75 Å². The van der Waals surface area contributed by atoms with Gasteiger partial charge in [-0.2, -0.15) is 0 Å². The molecule has 23 heavy (non-hydrogen) atoms. The third-order valence-corrected chi connectivity index (χ3v) is 5.41. The molecule has 0 atom stereocenters. The monoisotopic (exact) mass is 362 g/mol. The van der Waals surface area contributed by atoms with Gasteiger partial charge in [0.25, 0.3) is 0 Å². The molecule has 0 fully saturated rings. The van der Waals surface area contributed by atoms with Gasteiger partial charge in [0.2, 0.25) is 0 Å². The van der Waals surface area contributed by atoms with Crippen LogP contribution in [0.5, 0.6) is 5.75 Å². The number of aromatic nitrogens is 2. The SMILES string of the molecule is COc1ccc(Cl)cc1Nc1nc2c(ccc3nc(N)sc32)s1. The summed E-state index contributed by atoms with van der Waals surface area (Å²) in [6.45, 7) is 0. The summed E-state index contributed by atoms with van der Waals surface area (Å²) in [6, 6.07) is 9.39. The molecule has 0 aliphatic rings. The summed E-state index contributed by atoms with van der Waals surface area (Å²) in [4.78, 5) is 8.98. The maximum absolute atomic E-state index is 6.07. The predicted octanol–water partition coefficient (Wildman–Crippen LogP) is 4.89. The number of nitrogens with one attached hydrogen (secondary N) is 1. The third kappa shape index (κ3) is 2.56. The lowest BCUT2D eigenvalue weighted by molar-refractivity contribution is 0.417. The van der Waals surface area contributed by atoms with Gasteiger partial charge in [-0.3, -0.25) is 0 Å². The predicted molar refractivity (Wildman–Crippen MR) is 98.5 cm³/mol. The number of fused-ring (bicyclic) bond motifs is 3. The Kier molecular flexibility index (Phi) is 3.48. The smallest absolute Gasteiger partial charge is 0.188 e. The molecule has 0 saturated heterocycles. The Hall–Kier alpha value is -2.09. The molecule has 0 unspecified atom stereocenters. The van der Waals surface area contributed by atoms with Crippen LogP contribution in [-0.4, -0.2) is 17.1 Å². The molecule has 116 valence electrons. The average molecular weight is 363 g/mol. The molecule has 0 aliphatic heterocycles. The van der Waals surface area contributed by atoms with Crippen molar-refractivity contribution in [2.75, 3.05) is 18.2 Å². The minimum absolute atomic E-state index is 0.548. The molecule has 2 aromatic carbocycles. The summed E-state index contributed by atoms with van der Waals surface area (Å²) in [5, 5.41) is 5.22. The first-order chi connectivity index (χ1) is 11.1. The van der Waals surface area contributed by atoms with E-state index in [4.69, 9.17) is 22.1 Å². The number of nitrogens with zero attached hydrogens (tertiary/aromatic N) is 2. The van der Waals surface area contributed by atoms with Crippen molar-refractivity contribution < 1.29 is 4.74 Å². The molecule has 4 aromatic rings. The number of benzene rings is 2. The van der Waals surface area contributed by atoms with E-state index < -0.39 is 0 Å². The molecule has 0 saturated carbocycles. The number of methoxy groups -OCH3 is 1. The molecule has 5 nitrogen and oxygen atoms in total. The van der Waals surface area contributed by atoms with Crippen LogP contribution in [0.4, 0.5) is 16.0 Å². The van der Waals surface area contributed by atoms with Gasteiger partial charge in [0.15, 0.2) is 10.3 Å². The maximum atomic E-state index is 6.07. The summed E-state index contributed by atoms with van der Waals surface area (Å²) in [5.74, 6) is 0.709. The molecule has 0 amide bonds. The van der Waals surface area contributed by atoms with Crippen LogP contribution < -0.4 is 15.8 Å². The van der Waals surface area contributed by atoms with E-state index in [1.807, 2.05) is 24.3 Å². The van der Waals surface area contributed by atoms with Crippen LogP contribution in [0.1, 0.15) is 0 Å². The number of nitrogens with two attached hydrogens (primary N) is 1. The van der Waals surface area contributed by atoms with Crippen molar-refractivity contribution >= 4 is 70.7 Å². The van der Waals surface area contributed by atoms with E-state index in [2.05, 4.69) is 15.3 Å². The largest absolute Gasteiger partial charge is 0.495 e. The van der Waals surface area contributed by atoms with Crippen LogP contribution in [0.3, 0.4) is 0 Å². The second-order valence-corrected chi connectivity index (χ2v) is 7.30. The molecule has 0 radical (unpaired) electrons. The summed E-state index contributed by atoms with van der Waals surface area (Å²) < 4.78 is 7.43. The summed E-state index contributed by atoms with van der Waals surface area (Å²) in [7, 11) is 1.62. The third-order valence-electron chi connectivity index (χ3n) is 3.33. The van der Waals surface area contributed by atoms with Crippen LogP contribution >= 0.6 is 34.3 Å². The molecule has 0 spiro atoms. The van der Waals surface area contributed by atoms with E-state index in [-0.39, 0.29) is 0 Å². The molecule has 0 aliphatic carbocycles. The summed E-state index contributed by atoms with van der Waals surface area (Å²) >= 11 is 9.07. The van der Waals surface area contributed by atoms with Crippen LogP contribution in [-0.2, 0) is 0 Å². The van der Waals surface area contributed by atoms with Crippen LogP contribution in [0.25, 0.3) is 20.4 Å². The molecule has 8 heteroatoms. The number of rotatable bonds is 3. The van der Waals surface area contributed by atoms with Gasteiger partial charge in [0.05, 0.1) is 27.7 Å². The van der Waals surface area contributed by atoms with Crippen molar-refractivity contribution in [1.82, 2.24) is 9.97 Å². The van der Waals surface area contributed by atoms with Crippen molar-refractivity contribution in [1.29, 1.82) is 0 Å². The zero-order valence-electron chi connectivity index (χ0n) is 12.0. The normalized spacial score (nSPS) is 11.2. The van der Waals surface area contributed by atoms with Crippen molar-refractivity contribution in [2.45, 2.75) is 0 Å². The number of halogens is 1. The van der Waals surface area contributed by atoms with Gasteiger partial charge in [0, 0.05) is 5.02 Å². The molecule has 4 rings (SSSR count). The van der Waals surface area contributed by atoms with Gasteiger partial charge in [-0.05, 0) is 30.3 Å². The van der Waals surface area contributed by atoms with Gasteiger partial charge in [0.1, 0.15) is 11.3 Å². The Labute approximate surface area is 144 Å². The van der Waals surface area contributed by atoms with Crippen LogP contribution in [0.15, 0.2) is 30.3 Å². The van der Waals surface area contributed by atoms with Gasteiger partial charge >= 0.3 is 0 Å². The van der Waals surface area contributed by atoms with Gasteiger partial charge in [-0.1, -0.05) is 34.3 Å². The molecular weight excluding hydrogens is 352 g/mol. The maximum Gasteiger partial charge on any atom is 0.188 e. The lowest BCUT2D eigenvalue weighted by Crippen LogP contribution is -1.93. The Morgan fingerprint density at radius 2 is 2.04 bits per heavy atom. The lowest BCUT2D eigenvalue weighted by Gasteiger charge is -2.08.